The third kappa shape index (κ3) is 4.94. The van der Waals surface area contributed by atoms with Gasteiger partial charge in [0.2, 0.25) is 0 Å². The lowest BCUT2D eigenvalue weighted by Gasteiger charge is -2.08. The lowest BCUT2D eigenvalue weighted by atomic mass is 10.0. The summed E-state index contributed by atoms with van der Waals surface area (Å²) in [7, 11) is 0. The molecular weight excluding hydrogens is 701 g/mol. The molecule has 0 unspecified atom stereocenters. The number of rotatable bonds is 5. The number of para-hydroxylation sites is 4. The van der Waals surface area contributed by atoms with Crippen LogP contribution in [0.4, 0.5) is 0 Å². The first-order chi connectivity index (χ1) is 28.2. The molecule has 0 aliphatic heterocycles. The van der Waals surface area contributed by atoms with Gasteiger partial charge in [0, 0.05) is 54.6 Å². The molecule has 4 aromatic heterocycles. The first kappa shape index (κ1) is 31.5. The molecule has 0 saturated carbocycles. The zero-order valence-electron chi connectivity index (χ0n) is 30.4. The molecule has 0 N–H and O–H groups in total. The Hall–Kier alpha value is -7.83. The van der Waals surface area contributed by atoms with Gasteiger partial charge in [0.05, 0.1) is 16.7 Å². The summed E-state index contributed by atoms with van der Waals surface area (Å²) in [6.45, 7) is 0. The van der Waals surface area contributed by atoms with E-state index < -0.39 is 0 Å². The van der Waals surface area contributed by atoms with Gasteiger partial charge in [-0.3, -0.25) is 0 Å². The summed E-state index contributed by atoms with van der Waals surface area (Å²) >= 11 is 0. The molecule has 0 fully saturated rings. The van der Waals surface area contributed by atoms with Crippen LogP contribution in [0.25, 0.3) is 117 Å². The molecule has 57 heavy (non-hydrogen) atoms. The maximum atomic E-state index is 6.94. The van der Waals surface area contributed by atoms with Crippen LogP contribution < -0.4 is 0 Å². The Morgan fingerprint density at radius 1 is 0.333 bits per heavy atom. The number of hydrogen-bond donors (Lipinski definition) is 0. The van der Waals surface area contributed by atoms with Crippen molar-refractivity contribution in [2.75, 3.05) is 0 Å². The quantitative estimate of drug-likeness (QED) is 0.176. The minimum atomic E-state index is 0.586. The molecule has 0 atom stereocenters. The number of aromatic nitrogens is 4. The highest BCUT2D eigenvalue weighted by molar-refractivity contribution is 6.15. The van der Waals surface area contributed by atoms with Gasteiger partial charge in [-0.15, -0.1) is 0 Å². The van der Waals surface area contributed by atoms with Gasteiger partial charge in [-0.25, -0.2) is 15.0 Å². The fourth-order valence-corrected chi connectivity index (χ4v) is 8.41. The zero-order chi connectivity index (χ0) is 37.5. The van der Waals surface area contributed by atoms with E-state index in [9.17, 15) is 0 Å². The van der Waals surface area contributed by atoms with Gasteiger partial charge in [0.15, 0.2) is 23.1 Å². The van der Waals surface area contributed by atoms with Gasteiger partial charge < -0.3 is 13.4 Å². The molecule has 12 rings (SSSR count). The van der Waals surface area contributed by atoms with Crippen molar-refractivity contribution in [1.82, 2.24) is 19.5 Å². The molecule has 0 saturated heterocycles. The van der Waals surface area contributed by atoms with Crippen LogP contribution >= 0.6 is 0 Å². The Morgan fingerprint density at radius 2 is 0.825 bits per heavy atom. The van der Waals surface area contributed by atoms with Crippen molar-refractivity contribution in [3.8, 4) is 51.0 Å². The van der Waals surface area contributed by atoms with Gasteiger partial charge in [-0.05, 0) is 48.0 Å². The predicted molar refractivity (Wildman–Crippen MR) is 230 cm³/mol. The van der Waals surface area contributed by atoms with Gasteiger partial charge in [-0.1, -0.05) is 140 Å². The van der Waals surface area contributed by atoms with Crippen LogP contribution in [0.15, 0.2) is 191 Å². The van der Waals surface area contributed by atoms with Gasteiger partial charge in [0.25, 0.3) is 0 Å². The topological polar surface area (TPSA) is 69.9 Å². The Balaban J connectivity index is 0.982. The first-order valence-electron chi connectivity index (χ1n) is 19.0. The van der Waals surface area contributed by atoms with Gasteiger partial charge >= 0.3 is 0 Å². The molecule has 12 aromatic rings. The van der Waals surface area contributed by atoms with Gasteiger partial charge in [-0.2, -0.15) is 0 Å². The van der Waals surface area contributed by atoms with Crippen molar-refractivity contribution >= 4 is 65.7 Å². The number of benzene rings is 8. The van der Waals surface area contributed by atoms with E-state index in [0.29, 0.717) is 17.5 Å². The summed E-state index contributed by atoms with van der Waals surface area (Å²) in [6.07, 6.45) is 0. The molecule has 8 aromatic carbocycles. The van der Waals surface area contributed by atoms with E-state index in [1.54, 1.807) is 0 Å². The van der Waals surface area contributed by atoms with Crippen LogP contribution in [0.5, 0.6) is 0 Å². The standard InChI is InChI=1S/C51H30N4O2/c1-3-13-31(14-4-1)49-52-50(32-15-5-2-6-16-32)54-51(53-49)34-26-28-39-38-27-25-33(29-45(38)56-46(39)30-34)35-19-11-20-40-41-21-12-24-44(48(41)57-47(35)40)55-42-22-9-7-17-36(42)37-18-8-10-23-43(37)55/h1-30H. The van der Waals surface area contributed by atoms with Crippen molar-refractivity contribution in [3.05, 3.63) is 182 Å². The number of fused-ring (bicyclic) bond motifs is 9. The van der Waals surface area contributed by atoms with E-state index in [0.717, 1.165) is 88.4 Å². The van der Waals surface area contributed by atoms with Crippen LogP contribution in [0.3, 0.4) is 0 Å². The Kier molecular flexibility index (Phi) is 6.83. The Labute approximate surface area is 325 Å². The highest BCUT2D eigenvalue weighted by Crippen LogP contribution is 2.42. The molecule has 0 amide bonds. The predicted octanol–water partition coefficient (Wildman–Crippen LogP) is 13.4. The molecule has 0 spiro atoms. The second-order valence-electron chi connectivity index (χ2n) is 14.4. The lowest BCUT2D eigenvalue weighted by molar-refractivity contribution is 0.667. The first-order valence-corrected chi connectivity index (χ1v) is 19.0. The Bertz CT molecular complexity index is 3410. The molecule has 6 heteroatoms. The van der Waals surface area contributed by atoms with Crippen molar-refractivity contribution in [3.63, 3.8) is 0 Å². The molecule has 0 radical (unpaired) electrons. The van der Waals surface area contributed by atoms with E-state index in [1.807, 2.05) is 66.7 Å². The average molecular weight is 731 g/mol. The average Bonchev–Trinajstić information content (AvgIpc) is 3.96. The van der Waals surface area contributed by atoms with Crippen molar-refractivity contribution in [1.29, 1.82) is 0 Å². The maximum absolute atomic E-state index is 6.94. The SMILES string of the molecule is c1ccc(-c2nc(-c3ccccc3)nc(-c3ccc4c(c3)oc3cc(-c5cccc6c5oc5c(-n7c8ccccc8c8ccccc87)cccc56)ccc34)n2)cc1. The highest BCUT2D eigenvalue weighted by atomic mass is 16.3. The van der Waals surface area contributed by atoms with Crippen LogP contribution in [0, 0.1) is 0 Å². The zero-order valence-corrected chi connectivity index (χ0v) is 30.4. The van der Waals surface area contributed by atoms with Crippen LogP contribution in [-0.4, -0.2) is 19.5 Å². The fraction of sp³-hybridized carbons (Fsp3) is 0. The summed E-state index contributed by atoms with van der Waals surface area (Å²) < 4.78 is 15.9. The molecule has 6 nitrogen and oxygen atoms in total. The smallest absolute Gasteiger partial charge is 0.164 e. The summed E-state index contributed by atoms with van der Waals surface area (Å²) in [5.41, 5.74) is 11.3. The van der Waals surface area contributed by atoms with Crippen molar-refractivity contribution in [2.24, 2.45) is 0 Å². The minimum absolute atomic E-state index is 0.586. The van der Waals surface area contributed by atoms with E-state index in [4.69, 9.17) is 23.8 Å². The summed E-state index contributed by atoms with van der Waals surface area (Å²) in [5, 5.41) is 6.65. The van der Waals surface area contributed by atoms with E-state index in [2.05, 4.69) is 120 Å². The van der Waals surface area contributed by atoms with Crippen molar-refractivity contribution < 1.29 is 8.83 Å². The molecule has 0 aliphatic rings. The van der Waals surface area contributed by atoms with Gasteiger partial charge in [0.1, 0.15) is 16.7 Å². The largest absolute Gasteiger partial charge is 0.456 e. The van der Waals surface area contributed by atoms with E-state index in [-0.39, 0.29) is 0 Å². The molecule has 4 heterocycles. The second-order valence-corrected chi connectivity index (χ2v) is 14.4. The van der Waals surface area contributed by atoms with Crippen LogP contribution in [0.2, 0.25) is 0 Å². The molecule has 0 aliphatic carbocycles. The summed E-state index contributed by atoms with van der Waals surface area (Å²) in [4.78, 5) is 14.7. The number of nitrogens with zero attached hydrogens (tertiary/aromatic N) is 4. The fourth-order valence-electron chi connectivity index (χ4n) is 8.41. The third-order valence-electron chi connectivity index (χ3n) is 11.1. The summed E-state index contributed by atoms with van der Waals surface area (Å²) in [5.74, 6) is 1.83. The second kappa shape index (κ2) is 12.3. The Morgan fingerprint density at radius 3 is 1.46 bits per heavy atom. The third-order valence-corrected chi connectivity index (χ3v) is 11.1. The number of hydrogen-bond acceptors (Lipinski definition) is 5. The highest BCUT2D eigenvalue weighted by Gasteiger charge is 2.20. The summed E-state index contributed by atoms with van der Waals surface area (Å²) in [6, 6.07) is 62.6. The maximum Gasteiger partial charge on any atom is 0.164 e. The van der Waals surface area contributed by atoms with Crippen LogP contribution in [-0.2, 0) is 0 Å². The van der Waals surface area contributed by atoms with Crippen molar-refractivity contribution in [2.45, 2.75) is 0 Å². The van der Waals surface area contributed by atoms with Crippen LogP contribution in [0.1, 0.15) is 0 Å². The van der Waals surface area contributed by atoms with E-state index >= 15 is 0 Å². The lowest BCUT2D eigenvalue weighted by Crippen LogP contribution is -2.00. The number of furan rings is 2. The minimum Gasteiger partial charge on any atom is -0.456 e. The molecule has 266 valence electrons. The molecular formula is C51H30N4O2. The van der Waals surface area contributed by atoms with E-state index in [1.165, 1.54) is 10.8 Å². The monoisotopic (exact) mass is 730 g/mol. The normalized spacial score (nSPS) is 11.9. The molecule has 0 bridgehead atoms.